The molecule has 0 N–H and O–H groups in total. The van der Waals surface area contributed by atoms with Crippen LogP contribution in [0.4, 0.5) is 0 Å². The molecule has 2 aromatic rings. The second-order valence-corrected chi connectivity index (χ2v) is 6.72. The first-order chi connectivity index (χ1) is 10.2. The van der Waals surface area contributed by atoms with E-state index >= 15 is 0 Å². The van der Waals surface area contributed by atoms with Crippen molar-refractivity contribution in [3.8, 4) is 0 Å². The van der Waals surface area contributed by atoms with Gasteiger partial charge in [0.05, 0.1) is 0 Å². The van der Waals surface area contributed by atoms with Gasteiger partial charge in [0.25, 0.3) is 0 Å². The van der Waals surface area contributed by atoms with Crippen LogP contribution >= 0.6 is 15.9 Å². The molecule has 0 radical (unpaired) electrons. The number of hydrogen-bond donors (Lipinski definition) is 0. The molecule has 2 aromatic carbocycles. The molecule has 0 heterocycles. The van der Waals surface area contributed by atoms with Gasteiger partial charge in [-0.2, -0.15) is 0 Å². The zero-order valence-electron chi connectivity index (χ0n) is 12.7. The molecule has 0 spiro atoms. The third-order valence-corrected chi connectivity index (χ3v) is 4.99. The highest BCUT2D eigenvalue weighted by Crippen LogP contribution is 2.42. The maximum absolute atomic E-state index is 3.69. The summed E-state index contributed by atoms with van der Waals surface area (Å²) >= 11 is 3.69. The minimum Gasteiger partial charge on any atom is -0.0687 e. The number of fused-ring (bicyclic) bond motifs is 1. The molecule has 21 heavy (non-hydrogen) atoms. The molecule has 0 nitrogen and oxygen atoms in total. The summed E-state index contributed by atoms with van der Waals surface area (Å²) < 4.78 is 1.22. The summed E-state index contributed by atoms with van der Waals surface area (Å²) in [5, 5.41) is 0. The van der Waals surface area contributed by atoms with E-state index in [1.807, 2.05) is 0 Å². The number of halogens is 1. The van der Waals surface area contributed by atoms with Crippen LogP contribution in [-0.4, -0.2) is 0 Å². The molecule has 108 valence electrons. The van der Waals surface area contributed by atoms with E-state index in [2.05, 4.69) is 78.3 Å². The lowest BCUT2D eigenvalue weighted by molar-refractivity contribution is 0.795. The normalized spacial score (nSPS) is 16.7. The third-order valence-electron chi connectivity index (χ3n) is 4.30. The van der Waals surface area contributed by atoms with Gasteiger partial charge < -0.3 is 0 Å². The van der Waals surface area contributed by atoms with E-state index in [-0.39, 0.29) is 0 Å². The van der Waals surface area contributed by atoms with Gasteiger partial charge in [-0.25, -0.2) is 0 Å². The number of allylic oxidation sites excluding steroid dienone is 1. The van der Waals surface area contributed by atoms with Gasteiger partial charge in [-0.05, 0) is 46.7 Å². The van der Waals surface area contributed by atoms with Crippen LogP contribution in [0.1, 0.15) is 54.9 Å². The SMILES string of the molecule is CCCCc1ccc(C2=CC(C)c3c(Br)cccc32)cc1. The summed E-state index contributed by atoms with van der Waals surface area (Å²) in [7, 11) is 0. The Labute approximate surface area is 136 Å². The number of rotatable bonds is 4. The maximum atomic E-state index is 3.69. The highest BCUT2D eigenvalue weighted by molar-refractivity contribution is 9.10. The second kappa shape index (κ2) is 6.19. The zero-order chi connectivity index (χ0) is 14.8. The number of aryl methyl sites for hydroxylation is 1. The van der Waals surface area contributed by atoms with E-state index < -0.39 is 0 Å². The highest BCUT2D eigenvalue weighted by Gasteiger charge is 2.22. The van der Waals surface area contributed by atoms with Crippen LogP contribution in [0, 0.1) is 0 Å². The van der Waals surface area contributed by atoms with Crippen molar-refractivity contribution in [1.29, 1.82) is 0 Å². The molecular weight excluding hydrogens is 320 g/mol. The van der Waals surface area contributed by atoms with E-state index in [0.29, 0.717) is 5.92 Å². The minimum absolute atomic E-state index is 0.477. The van der Waals surface area contributed by atoms with Crippen molar-refractivity contribution < 1.29 is 0 Å². The van der Waals surface area contributed by atoms with Gasteiger partial charge in [-0.3, -0.25) is 0 Å². The van der Waals surface area contributed by atoms with Crippen molar-refractivity contribution in [1.82, 2.24) is 0 Å². The number of unbranched alkanes of at least 4 members (excludes halogenated alkanes) is 1. The summed E-state index contributed by atoms with van der Waals surface area (Å²) in [4.78, 5) is 0. The first-order valence-corrected chi connectivity index (χ1v) is 8.60. The van der Waals surface area contributed by atoms with Gasteiger partial charge in [-0.1, -0.05) is 78.7 Å². The molecule has 1 aliphatic rings. The van der Waals surface area contributed by atoms with Crippen LogP contribution in [0.3, 0.4) is 0 Å². The van der Waals surface area contributed by atoms with Crippen LogP contribution in [-0.2, 0) is 6.42 Å². The van der Waals surface area contributed by atoms with Gasteiger partial charge in [0, 0.05) is 10.4 Å². The Morgan fingerprint density at radius 3 is 2.52 bits per heavy atom. The molecule has 0 aliphatic heterocycles. The fourth-order valence-electron chi connectivity index (χ4n) is 3.14. The summed E-state index contributed by atoms with van der Waals surface area (Å²) in [6.07, 6.45) is 6.10. The molecule has 1 unspecified atom stereocenters. The summed E-state index contributed by atoms with van der Waals surface area (Å²) in [5.74, 6) is 0.477. The quantitative estimate of drug-likeness (QED) is 0.609. The topological polar surface area (TPSA) is 0 Å². The molecule has 3 rings (SSSR count). The van der Waals surface area contributed by atoms with Gasteiger partial charge >= 0.3 is 0 Å². The van der Waals surface area contributed by atoms with E-state index in [0.717, 1.165) is 0 Å². The van der Waals surface area contributed by atoms with E-state index in [4.69, 9.17) is 0 Å². The standard InChI is InChI=1S/C20H21Br/c1-3-4-6-15-9-11-16(12-10-15)18-13-14(2)20-17(18)7-5-8-19(20)21/h5,7-14H,3-4,6H2,1-2H3. The van der Waals surface area contributed by atoms with E-state index in [1.54, 1.807) is 0 Å². The van der Waals surface area contributed by atoms with Crippen LogP contribution in [0.5, 0.6) is 0 Å². The Morgan fingerprint density at radius 1 is 1.05 bits per heavy atom. The molecule has 0 saturated carbocycles. The fourth-order valence-corrected chi connectivity index (χ4v) is 3.87. The lowest BCUT2D eigenvalue weighted by Gasteiger charge is -2.09. The predicted molar refractivity (Wildman–Crippen MR) is 94.7 cm³/mol. The number of benzene rings is 2. The molecule has 1 aliphatic carbocycles. The molecule has 0 aromatic heterocycles. The van der Waals surface area contributed by atoms with Crippen LogP contribution in [0.25, 0.3) is 5.57 Å². The molecular formula is C20H21Br. The Hall–Kier alpha value is -1.34. The van der Waals surface area contributed by atoms with Crippen molar-refractivity contribution in [3.63, 3.8) is 0 Å². The lowest BCUT2D eigenvalue weighted by Crippen LogP contribution is -1.91. The average Bonchev–Trinajstić information content (AvgIpc) is 2.84. The smallest absolute Gasteiger partial charge is 0.0219 e. The Balaban J connectivity index is 1.92. The molecule has 0 bridgehead atoms. The summed E-state index contributed by atoms with van der Waals surface area (Å²) in [6.45, 7) is 4.51. The Bertz CT molecular complexity index is 665. The average molecular weight is 341 g/mol. The second-order valence-electron chi connectivity index (χ2n) is 5.87. The van der Waals surface area contributed by atoms with Crippen molar-refractivity contribution in [2.45, 2.75) is 39.0 Å². The molecule has 0 fully saturated rings. The number of hydrogen-bond acceptors (Lipinski definition) is 0. The molecule has 1 atom stereocenters. The molecule has 0 amide bonds. The summed E-state index contributed by atoms with van der Waals surface area (Å²) in [5.41, 5.74) is 6.95. The first-order valence-electron chi connectivity index (χ1n) is 7.80. The maximum Gasteiger partial charge on any atom is 0.0219 e. The van der Waals surface area contributed by atoms with E-state index in [9.17, 15) is 0 Å². The van der Waals surface area contributed by atoms with Gasteiger partial charge in [0.2, 0.25) is 0 Å². The molecule has 0 saturated heterocycles. The molecule has 1 heteroatoms. The van der Waals surface area contributed by atoms with Crippen LogP contribution in [0.15, 0.2) is 53.0 Å². The van der Waals surface area contributed by atoms with Crippen molar-refractivity contribution in [3.05, 3.63) is 75.3 Å². The Kier molecular flexibility index (Phi) is 4.30. The van der Waals surface area contributed by atoms with E-state index in [1.165, 1.54) is 51.6 Å². The Morgan fingerprint density at radius 2 is 1.81 bits per heavy atom. The largest absolute Gasteiger partial charge is 0.0687 e. The fraction of sp³-hybridized carbons (Fsp3) is 0.300. The van der Waals surface area contributed by atoms with Crippen molar-refractivity contribution in [2.24, 2.45) is 0 Å². The van der Waals surface area contributed by atoms with Crippen LogP contribution < -0.4 is 0 Å². The van der Waals surface area contributed by atoms with Gasteiger partial charge in [0.15, 0.2) is 0 Å². The van der Waals surface area contributed by atoms with Gasteiger partial charge in [0.1, 0.15) is 0 Å². The zero-order valence-corrected chi connectivity index (χ0v) is 14.3. The monoisotopic (exact) mass is 340 g/mol. The van der Waals surface area contributed by atoms with Crippen molar-refractivity contribution in [2.75, 3.05) is 0 Å². The van der Waals surface area contributed by atoms with Gasteiger partial charge in [-0.15, -0.1) is 0 Å². The third kappa shape index (κ3) is 2.85. The first kappa shape index (κ1) is 14.6. The van der Waals surface area contributed by atoms with Crippen molar-refractivity contribution >= 4 is 21.5 Å². The highest BCUT2D eigenvalue weighted by atomic mass is 79.9. The minimum atomic E-state index is 0.477. The summed E-state index contributed by atoms with van der Waals surface area (Å²) in [6, 6.07) is 15.6. The lowest BCUT2D eigenvalue weighted by atomic mass is 9.97. The predicted octanol–water partition coefficient (Wildman–Crippen LogP) is 6.34. The van der Waals surface area contributed by atoms with Crippen LogP contribution in [0.2, 0.25) is 0 Å².